The van der Waals surface area contributed by atoms with Gasteiger partial charge >= 0.3 is 0 Å². The molecule has 1 aromatic carbocycles. The number of unbranched alkanes of at least 4 members (excludes halogenated alkanes) is 3. The first kappa shape index (κ1) is 22.3. The maximum absolute atomic E-state index is 12.1. The van der Waals surface area contributed by atoms with Crippen LogP contribution in [0.15, 0.2) is 24.3 Å². The minimum Gasteiger partial charge on any atom is -0.339 e. The third kappa shape index (κ3) is 8.95. The van der Waals surface area contributed by atoms with Crippen molar-refractivity contribution in [2.24, 2.45) is 0 Å². The smallest absolute Gasteiger partial charge is 0.228 e. The second-order valence-electron chi connectivity index (χ2n) is 5.77. The van der Waals surface area contributed by atoms with Crippen LogP contribution >= 0.6 is 47.0 Å². The second kappa shape index (κ2) is 11.1. The van der Waals surface area contributed by atoms with E-state index >= 15 is 0 Å². The molecule has 0 aromatic heterocycles. The average molecular weight is 425 g/mol. The fourth-order valence-electron chi connectivity index (χ4n) is 2.15. The lowest BCUT2D eigenvalue weighted by atomic mass is 10.1. The molecule has 0 radical (unpaired) electrons. The third-order valence-corrected chi connectivity index (χ3v) is 4.43. The zero-order chi connectivity index (χ0) is 18.9. The Balaban J connectivity index is 2.59. The molecule has 25 heavy (non-hydrogen) atoms. The summed E-state index contributed by atoms with van der Waals surface area (Å²) in [6.45, 7) is 4.07. The van der Waals surface area contributed by atoms with Crippen LogP contribution in [0.4, 0.5) is 5.69 Å². The number of hydrogen-bond donors (Lipinski definition) is 3. The van der Waals surface area contributed by atoms with Crippen LogP contribution in [0.3, 0.4) is 0 Å². The lowest BCUT2D eigenvalue weighted by molar-refractivity contribution is -0.122. The van der Waals surface area contributed by atoms with Gasteiger partial charge in [-0.2, -0.15) is 0 Å². The quantitative estimate of drug-likeness (QED) is 0.236. The molecule has 1 aromatic rings. The zero-order valence-electron chi connectivity index (χ0n) is 14.4. The highest BCUT2D eigenvalue weighted by atomic mass is 35.6. The summed E-state index contributed by atoms with van der Waals surface area (Å²) in [6.07, 6.45) is 3.47. The molecule has 0 heterocycles. The van der Waals surface area contributed by atoms with Crippen molar-refractivity contribution in [3.8, 4) is 0 Å². The highest BCUT2D eigenvalue weighted by Crippen LogP contribution is 2.29. The van der Waals surface area contributed by atoms with Crippen LogP contribution in [0.2, 0.25) is 0 Å². The Morgan fingerprint density at radius 2 is 1.84 bits per heavy atom. The summed E-state index contributed by atoms with van der Waals surface area (Å²) in [5.74, 6) is -0.182. The molecule has 4 nitrogen and oxygen atoms in total. The summed E-state index contributed by atoms with van der Waals surface area (Å²) in [5, 5.41) is 8.85. The molecular formula is C17H24Cl3N3OS. The van der Waals surface area contributed by atoms with Crippen LogP contribution in [0, 0.1) is 6.92 Å². The van der Waals surface area contributed by atoms with Gasteiger partial charge in [-0.05, 0) is 37.2 Å². The molecule has 0 spiro atoms. The van der Waals surface area contributed by atoms with Gasteiger partial charge in [0, 0.05) is 12.1 Å². The molecule has 3 N–H and O–H groups in total. The summed E-state index contributed by atoms with van der Waals surface area (Å²) in [5.41, 5.74) is 1.87. The van der Waals surface area contributed by atoms with Gasteiger partial charge in [0.25, 0.3) is 0 Å². The van der Waals surface area contributed by atoms with Gasteiger partial charge < -0.3 is 16.0 Å². The molecule has 1 atom stereocenters. The number of anilines is 1. The summed E-state index contributed by atoms with van der Waals surface area (Å²) in [6, 6.07) is 7.66. The summed E-state index contributed by atoms with van der Waals surface area (Å²) < 4.78 is -1.74. The van der Waals surface area contributed by atoms with E-state index in [0.717, 1.165) is 36.9 Å². The van der Waals surface area contributed by atoms with Crippen LogP contribution in [-0.4, -0.2) is 21.0 Å². The number of nitrogens with one attached hydrogen (secondary N) is 3. The van der Waals surface area contributed by atoms with E-state index < -0.39 is 9.96 Å². The largest absolute Gasteiger partial charge is 0.339 e. The fraction of sp³-hybridized carbons (Fsp3) is 0.529. The lowest BCUT2D eigenvalue weighted by Crippen LogP contribution is -2.56. The lowest BCUT2D eigenvalue weighted by Gasteiger charge is -2.28. The van der Waals surface area contributed by atoms with Crippen molar-refractivity contribution in [2.75, 3.05) is 5.32 Å². The van der Waals surface area contributed by atoms with Gasteiger partial charge in [0.2, 0.25) is 9.70 Å². The Hall–Kier alpha value is -0.750. The van der Waals surface area contributed by atoms with Crippen LogP contribution in [-0.2, 0) is 4.79 Å². The van der Waals surface area contributed by atoms with Crippen molar-refractivity contribution in [1.82, 2.24) is 10.6 Å². The number of benzene rings is 1. The van der Waals surface area contributed by atoms with Gasteiger partial charge in [-0.25, -0.2) is 0 Å². The zero-order valence-corrected chi connectivity index (χ0v) is 17.5. The predicted molar refractivity (Wildman–Crippen MR) is 112 cm³/mol. The van der Waals surface area contributed by atoms with Crippen molar-refractivity contribution in [3.05, 3.63) is 29.8 Å². The van der Waals surface area contributed by atoms with Crippen LogP contribution in [0.25, 0.3) is 0 Å². The van der Waals surface area contributed by atoms with E-state index in [1.165, 1.54) is 0 Å². The molecule has 0 bridgehead atoms. The number of amides is 1. The summed E-state index contributed by atoms with van der Waals surface area (Å²) in [4.78, 5) is 12.1. The highest BCUT2D eigenvalue weighted by Gasteiger charge is 2.34. The number of carbonyl (C=O) groups excluding carboxylic acids is 1. The number of alkyl halides is 3. The predicted octanol–water partition coefficient (Wildman–Crippen LogP) is 5.06. The van der Waals surface area contributed by atoms with Crippen molar-refractivity contribution in [1.29, 1.82) is 0 Å². The first-order chi connectivity index (χ1) is 11.7. The van der Waals surface area contributed by atoms with Crippen LogP contribution in [0.5, 0.6) is 0 Å². The van der Waals surface area contributed by atoms with E-state index in [2.05, 4.69) is 22.9 Å². The van der Waals surface area contributed by atoms with Gasteiger partial charge in [0.1, 0.15) is 6.17 Å². The number of thiocarbonyl (C=S) groups is 1. The molecule has 0 aliphatic carbocycles. The Kier molecular flexibility index (Phi) is 9.87. The SMILES string of the molecule is CCCCCCC(=O)NC(NC(=S)Nc1ccccc1C)C(Cl)(Cl)Cl. The number of para-hydroxylation sites is 1. The maximum Gasteiger partial charge on any atom is 0.228 e. The van der Waals surface area contributed by atoms with E-state index in [9.17, 15) is 4.79 Å². The van der Waals surface area contributed by atoms with Gasteiger partial charge in [-0.3, -0.25) is 4.79 Å². The van der Waals surface area contributed by atoms with E-state index in [1.54, 1.807) is 0 Å². The Morgan fingerprint density at radius 1 is 1.16 bits per heavy atom. The number of hydrogen-bond acceptors (Lipinski definition) is 2. The monoisotopic (exact) mass is 423 g/mol. The minimum atomic E-state index is -1.74. The van der Waals surface area contributed by atoms with Crippen molar-refractivity contribution < 1.29 is 4.79 Å². The average Bonchev–Trinajstić information content (AvgIpc) is 2.52. The molecular weight excluding hydrogens is 401 g/mol. The number of aryl methyl sites for hydroxylation is 1. The van der Waals surface area contributed by atoms with Crippen molar-refractivity contribution in [3.63, 3.8) is 0 Å². The molecule has 0 aliphatic heterocycles. The number of rotatable bonds is 8. The third-order valence-electron chi connectivity index (χ3n) is 3.56. The molecule has 1 rings (SSSR count). The topological polar surface area (TPSA) is 53.2 Å². The van der Waals surface area contributed by atoms with Crippen molar-refractivity contribution in [2.45, 2.75) is 55.9 Å². The Morgan fingerprint density at radius 3 is 2.44 bits per heavy atom. The molecule has 0 aliphatic rings. The first-order valence-corrected chi connectivity index (χ1v) is 9.77. The van der Waals surface area contributed by atoms with Crippen molar-refractivity contribution >= 4 is 63.7 Å². The molecule has 8 heteroatoms. The first-order valence-electron chi connectivity index (χ1n) is 8.23. The van der Waals surface area contributed by atoms with Gasteiger partial charge in [0.15, 0.2) is 5.11 Å². The van der Waals surface area contributed by atoms with E-state index in [-0.39, 0.29) is 11.0 Å². The minimum absolute atomic E-state index is 0.182. The summed E-state index contributed by atoms with van der Waals surface area (Å²) in [7, 11) is 0. The van der Waals surface area contributed by atoms with Crippen LogP contribution in [0.1, 0.15) is 44.6 Å². The second-order valence-corrected chi connectivity index (χ2v) is 8.54. The Bertz CT molecular complexity index is 579. The molecule has 0 fully saturated rings. The standard InChI is InChI=1S/C17H24Cl3N3OS/c1-3-4-5-6-11-14(24)22-15(17(18,19)20)23-16(25)21-13-10-8-7-9-12(13)2/h7-10,15H,3-6,11H2,1-2H3,(H,22,24)(H2,21,23,25). The number of carbonyl (C=O) groups is 1. The number of halogens is 3. The van der Waals surface area contributed by atoms with Gasteiger partial charge in [0.05, 0.1) is 0 Å². The molecule has 140 valence electrons. The normalized spacial score (nSPS) is 12.4. The summed E-state index contributed by atoms with van der Waals surface area (Å²) >= 11 is 23.2. The van der Waals surface area contributed by atoms with Crippen LogP contribution < -0.4 is 16.0 Å². The molecule has 0 saturated heterocycles. The van der Waals surface area contributed by atoms with Gasteiger partial charge in [-0.15, -0.1) is 0 Å². The van der Waals surface area contributed by atoms with E-state index in [4.69, 9.17) is 47.0 Å². The molecule has 1 amide bonds. The van der Waals surface area contributed by atoms with E-state index in [0.29, 0.717) is 6.42 Å². The maximum atomic E-state index is 12.1. The van der Waals surface area contributed by atoms with E-state index in [1.807, 2.05) is 31.2 Å². The molecule has 1 unspecified atom stereocenters. The van der Waals surface area contributed by atoms with Gasteiger partial charge in [-0.1, -0.05) is 79.2 Å². The molecule has 0 saturated carbocycles. The highest BCUT2D eigenvalue weighted by molar-refractivity contribution is 7.80. The fourth-order valence-corrected chi connectivity index (χ4v) is 2.70. The Labute approximate surface area is 170 Å².